The number of methoxy groups -OCH3 is 2. The van der Waals surface area contributed by atoms with Crippen LogP contribution in [0.4, 0.5) is 13.2 Å². The van der Waals surface area contributed by atoms with Crippen LogP contribution in [0.25, 0.3) is 0 Å². The summed E-state index contributed by atoms with van der Waals surface area (Å²) in [4.78, 5) is 25.7. The smallest absolute Gasteiger partial charge is 0.416 e. The second-order valence-electron chi connectivity index (χ2n) is 5.34. The summed E-state index contributed by atoms with van der Waals surface area (Å²) in [6.45, 7) is 0. The van der Waals surface area contributed by atoms with Crippen molar-refractivity contribution >= 4 is 11.9 Å². The third-order valence-corrected chi connectivity index (χ3v) is 3.73. The quantitative estimate of drug-likeness (QED) is 0.781. The Kier molecular flexibility index (Phi) is 5.20. The van der Waals surface area contributed by atoms with Crippen molar-refractivity contribution in [1.82, 2.24) is 4.90 Å². The van der Waals surface area contributed by atoms with Crippen molar-refractivity contribution in [2.45, 2.75) is 12.1 Å². The SMILES string of the molecule is COC(=O)C1=CN(C)C=C(C(=O)OC)C1c1ccccc1C(F)(F)F. The predicted octanol–water partition coefficient (Wildman–Crippen LogP) is 2.85. The predicted molar refractivity (Wildman–Crippen MR) is 82.1 cm³/mol. The number of rotatable bonds is 3. The third kappa shape index (κ3) is 3.67. The molecule has 0 saturated carbocycles. The molecular formula is C17H16F3NO4. The van der Waals surface area contributed by atoms with E-state index in [1.807, 2.05) is 0 Å². The van der Waals surface area contributed by atoms with Gasteiger partial charge in [0.25, 0.3) is 0 Å². The van der Waals surface area contributed by atoms with Crippen LogP contribution in [0.2, 0.25) is 0 Å². The molecule has 1 aromatic rings. The lowest BCUT2D eigenvalue weighted by Crippen LogP contribution is -2.28. The molecule has 0 N–H and O–H groups in total. The Labute approximate surface area is 142 Å². The van der Waals surface area contributed by atoms with Crippen LogP contribution in [0.1, 0.15) is 17.0 Å². The summed E-state index contributed by atoms with van der Waals surface area (Å²) in [6, 6.07) is 4.78. The fraction of sp³-hybridized carbons (Fsp3) is 0.294. The van der Waals surface area contributed by atoms with Crippen molar-refractivity contribution in [1.29, 1.82) is 0 Å². The molecule has 0 aromatic heterocycles. The maximum Gasteiger partial charge on any atom is 0.416 e. The van der Waals surface area contributed by atoms with Gasteiger partial charge in [-0.3, -0.25) is 0 Å². The highest BCUT2D eigenvalue weighted by Gasteiger charge is 2.41. The van der Waals surface area contributed by atoms with E-state index >= 15 is 0 Å². The molecule has 1 aliphatic rings. The highest BCUT2D eigenvalue weighted by molar-refractivity contribution is 5.98. The average Bonchev–Trinajstić information content (AvgIpc) is 2.58. The second kappa shape index (κ2) is 7.00. The highest BCUT2D eigenvalue weighted by Crippen LogP contribution is 2.42. The van der Waals surface area contributed by atoms with E-state index in [9.17, 15) is 22.8 Å². The first-order chi connectivity index (χ1) is 11.7. The van der Waals surface area contributed by atoms with Gasteiger partial charge >= 0.3 is 18.1 Å². The van der Waals surface area contributed by atoms with Crippen LogP contribution in [0, 0.1) is 0 Å². The molecule has 0 aliphatic carbocycles. The molecule has 0 fully saturated rings. The van der Waals surface area contributed by atoms with Crippen LogP contribution in [0.3, 0.4) is 0 Å². The Hall–Kier alpha value is -2.77. The van der Waals surface area contributed by atoms with E-state index in [4.69, 9.17) is 0 Å². The Morgan fingerprint density at radius 2 is 1.48 bits per heavy atom. The van der Waals surface area contributed by atoms with Crippen LogP contribution in [0.15, 0.2) is 47.8 Å². The van der Waals surface area contributed by atoms with Gasteiger partial charge in [0.1, 0.15) is 0 Å². The zero-order chi connectivity index (χ0) is 18.8. The first-order valence-corrected chi connectivity index (χ1v) is 7.18. The maximum absolute atomic E-state index is 13.4. The Bertz CT molecular complexity index is 719. The maximum atomic E-state index is 13.4. The molecule has 134 valence electrons. The Morgan fingerprint density at radius 3 is 1.92 bits per heavy atom. The van der Waals surface area contributed by atoms with Crippen molar-refractivity contribution in [2.24, 2.45) is 0 Å². The van der Waals surface area contributed by atoms with E-state index in [1.165, 1.54) is 42.5 Å². The summed E-state index contributed by atoms with van der Waals surface area (Å²) >= 11 is 0. The number of alkyl halides is 3. The molecule has 1 aromatic carbocycles. The summed E-state index contributed by atoms with van der Waals surface area (Å²) in [7, 11) is 3.77. The summed E-state index contributed by atoms with van der Waals surface area (Å²) in [5, 5.41) is 0. The number of benzene rings is 1. The lowest BCUT2D eigenvalue weighted by Gasteiger charge is -2.29. The fourth-order valence-corrected chi connectivity index (χ4v) is 2.71. The Balaban J connectivity index is 2.72. The summed E-state index contributed by atoms with van der Waals surface area (Å²) in [6.07, 6.45) is -1.99. The van der Waals surface area contributed by atoms with Gasteiger partial charge in [0, 0.05) is 19.4 Å². The summed E-state index contributed by atoms with van der Waals surface area (Å²) in [5.41, 5.74) is -1.35. The normalized spacial score (nSPS) is 15.4. The molecule has 0 unspecified atom stereocenters. The van der Waals surface area contributed by atoms with Gasteiger partial charge in [-0.1, -0.05) is 18.2 Å². The molecule has 0 atom stereocenters. The molecular weight excluding hydrogens is 339 g/mol. The molecule has 5 nitrogen and oxygen atoms in total. The zero-order valence-electron chi connectivity index (χ0n) is 13.8. The van der Waals surface area contributed by atoms with Gasteiger partial charge in [-0.25, -0.2) is 9.59 Å². The first kappa shape index (κ1) is 18.6. The summed E-state index contributed by atoms with van der Waals surface area (Å²) in [5.74, 6) is -2.92. The number of carbonyl (C=O) groups is 2. The van der Waals surface area contributed by atoms with E-state index in [0.29, 0.717) is 0 Å². The molecule has 1 heterocycles. The zero-order valence-corrected chi connectivity index (χ0v) is 13.8. The molecule has 8 heteroatoms. The molecule has 0 saturated heterocycles. The molecule has 0 bridgehead atoms. The van der Waals surface area contributed by atoms with Crippen molar-refractivity contribution < 1.29 is 32.2 Å². The molecule has 0 radical (unpaired) electrons. The van der Waals surface area contributed by atoms with Gasteiger partial charge in [-0.05, 0) is 11.6 Å². The first-order valence-electron chi connectivity index (χ1n) is 7.18. The van der Waals surface area contributed by atoms with Crippen molar-refractivity contribution in [3.63, 3.8) is 0 Å². The van der Waals surface area contributed by atoms with Crippen molar-refractivity contribution in [3.8, 4) is 0 Å². The van der Waals surface area contributed by atoms with Crippen molar-refractivity contribution in [3.05, 3.63) is 58.9 Å². The van der Waals surface area contributed by atoms with E-state index in [-0.39, 0.29) is 16.7 Å². The number of esters is 2. The topological polar surface area (TPSA) is 55.8 Å². The fourth-order valence-electron chi connectivity index (χ4n) is 2.71. The second-order valence-corrected chi connectivity index (χ2v) is 5.34. The monoisotopic (exact) mass is 355 g/mol. The van der Waals surface area contributed by atoms with Gasteiger partial charge in [0.15, 0.2) is 0 Å². The average molecular weight is 355 g/mol. The number of hydrogen-bond donors (Lipinski definition) is 0. The lowest BCUT2D eigenvalue weighted by molar-refractivity contribution is -0.140. The van der Waals surface area contributed by atoms with E-state index in [1.54, 1.807) is 0 Å². The van der Waals surface area contributed by atoms with E-state index in [0.717, 1.165) is 20.3 Å². The van der Waals surface area contributed by atoms with Crippen molar-refractivity contribution in [2.75, 3.05) is 21.3 Å². The van der Waals surface area contributed by atoms with Gasteiger partial charge in [-0.2, -0.15) is 13.2 Å². The minimum absolute atomic E-state index is 0.0930. The van der Waals surface area contributed by atoms with Crippen LogP contribution in [-0.2, 0) is 25.2 Å². The molecule has 25 heavy (non-hydrogen) atoms. The number of nitrogens with zero attached hydrogens (tertiary/aromatic N) is 1. The molecule has 0 amide bonds. The molecule has 2 rings (SSSR count). The van der Waals surface area contributed by atoms with Gasteiger partial charge in [0.05, 0.1) is 36.8 Å². The minimum Gasteiger partial charge on any atom is -0.466 e. The van der Waals surface area contributed by atoms with Gasteiger partial charge < -0.3 is 14.4 Å². The number of ether oxygens (including phenoxy) is 2. The standard InChI is InChI=1S/C17H16F3NO4/c1-21-8-11(15(22)24-2)14(12(9-21)16(23)25-3)10-6-4-5-7-13(10)17(18,19)20/h4-9,14H,1-3H3. The van der Waals surface area contributed by atoms with E-state index < -0.39 is 29.6 Å². The molecule has 1 aliphatic heterocycles. The summed E-state index contributed by atoms with van der Waals surface area (Å²) < 4.78 is 49.6. The minimum atomic E-state index is -4.65. The lowest BCUT2D eigenvalue weighted by atomic mass is 9.81. The number of halogens is 3. The molecule has 0 spiro atoms. The highest BCUT2D eigenvalue weighted by atomic mass is 19.4. The van der Waals surface area contributed by atoms with Gasteiger partial charge in [-0.15, -0.1) is 0 Å². The van der Waals surface area contributed by atoms with Crippen LogP contribution in [-0.4, -0.2) is 38.1 Å². The van der Waals surface area contributed by atoms with Gasteiger partial charge in [0.2, 0.25) is 0 Å². The van der Waals surface area contributed by atoms with Crippen LogP contribution < -0.4 is 0 Å². The van der Waals surface area contributed by atoms with Crippen LogP contribution in [0.5, 0.6) is 0 Å². The Morgan fingerprint density at radius 1 is 1.00 bits per heavy atom. The number of carbonyl (C=O) groups excluding carboxylic acids is 2. The van der Waals surface area contributed by atoms with E-state index in [2.05, 4.69) is 9.47 Å². The third-order valence-electron chi connectivity index (χ3n) is 3.73. The largest absolute Gasteiger partial charge is 0.466 e. The van der Waals surface area contributed by atoms with Crippen LogP contribution >= 0.6 is 0 Å². The number of hydrogen-bond acceptors (Lipinski definition) is 5.